The summed E-state index contributed by atoms with van der Waals surface area (Å²) in [5.74, 6) is -0.0185. The highest BCUT2D eigenvalue weighted by atomic mass is 19.1. The number of aromatic amines is 1. The second kappa shape index (κ2) is 7.65. The van der Waals surface area contributed by atoms with Crippen LogP contribution in [0.4, 0.5) is 4.39 Å². The van der Waals surface area contributed by atoms with Crippen LogP contribution >= 0.6 is 0 Å². The zero-order chi connectivity index (χ0) is 23.3. The number of fused-ring (bicyclic) bond motifs is 4. The van der Waals surface area contributed by atoms with Gasteiger partial charge in [-0.15, -0.1) is 0 Å². The number of carboxylic acid groups (broad SMARTS) is 1. The third-order valence-electron chi connectivity index (χ3n) is 7.64. The van der Waals surface area contributed by atoms with Crippen molar-refractivity contribution in [1.82, 2.24) is 15.0 Å². The summed E-state index contributed by atoms with van der Waals surface area (Å²) in [4.78, 5) is 23.8. The van der Waals surface area contributed by atoms with Crippen LogP contribution in [-0.2, 0) is 4.79 Å². The van der Waals surface area contributed by atoms with E-state index in [0.29, 0.717) is 36.5 Å². The summed E-state index contributed by atoms with van der Waals surface area (Å²) in [6, 6.07) is 16.4. The summed E-state index contributed by atoms with van der Waals surface area (Å²) < 4.78 is 21.3. The van der Waals surface area contributed by atoms with Crippen LogP contribution in [-0.4, -0.2) is 31.6 Å². The van der Waals surface area contributed by atoms with Crippen molar-refractivity contribution in [3.63, 3.8) is 0 Å². The van der Waals surface area contributed by atoms with Crippen LogP contribution in [0.2, 0.25) is 0 Å². The highest BCUT2D eigenvalue weighted by Crippen LogP contribution is 2.53. The molecule has 0 aliphatic heterocycles. The SMILES string of the molecule is O=C(O)C12CCC(Oc3ccc(-c4ccc(-c5nc6ccccc6[nH]5)c(F)c4)cn3)(CC1)CC2. The third kappa shape index (κ3) is 3.43. The van der Waals surface area contributed by atoms with E-state index in [4.69, 9.17) is 4.74 Å². The number of H-pyrrole nitrogens is 1. The number of carbonyl (C=O) groups is 1. The number of hydrogen-bond acceptors (Lipinski definition) is 4. The number of pyridine rings is 1. The molecule has 172 valence electrons. The van der Waals surface area contributed by atoms with E-state index >= 15 is 0 Å². The van der Waals surface area contributed by atoms with Gasteiger partial charge >= 0.3 is 5.97 Å². The molecule has 2 heterocycles. The zero-order valence-corrected chi connectivity index (χ0v) is 18.6. The summed E-state index contributed by atoms with van der Waals surface area (Å²) in [6.07, 6.45) is 5.84. The molecular formula is C27H24FN3O3. The lowest BCUT2D eigenvalue weighted by Crippen LogP contribution is -2.52. The van der Waals surface area contributed by atoms with Crippen molar-refractivity contribution < 1.29 is 19.0 Å². The van der Waals surface area contributed by atoms with Crippen molar-refractivity contribution in [3.05, 3.63) is 66.6 Å². The van der Waals surface area contributed by atoms with E-state index in [9.17, 15) is 14.3 Å². The van der Waals surface area contributed by atoms with Crippen LogP contribution in [0.5, 0.6) is 5.88 Å². The number of aliphatic carboxylic acids is 1. The second-order valence-electron chi connectivity index (χ2n) is 9.55. The normalized spacial score (nSPS) is 23.8. The highest BCUT2D eigenvalue weighted by molar-refractivity contribution is 5.80. The molecule has 2 aromatic heterocycles. The fourth-order valence-corrected chi connectivity index (χ4v) is 5.43. The minimum absolute atomic E-state index is 0.327. The highest BCUT2D eigenvalue weighted by Gasteiger charge is 2.54. The van der Waals surface area contributed by atoms with E-state index in [1.165, 1.54) is 6.07 Å². The molecule has 2 bridgehead atoms. The van der Waals surface area contributed by atoms with E-state index in [0.717, 1.165) is 41.4 Å². The van der Waals surface area contributed by atoms with Crippen molar-refractivity contribution in [2.45, 2.75) is 44.1 Å². The second-order valence-corrected chi connectivity index (χ2v) is 9.55. The predicted molar refractivity (Wildman–Crippen MR) is 126 cm³/mol. The molecule has 3 saturated carbocycles. The first-order valence-electron chi connectivity index (χ1n) is 11.6. The number of hydrogen-bond donors (Lipinski definition) is 2. The van der Waals surface area contributed by atoms with Gasteiger partial charge in [0.15, 0.2) is 0 Å². The zero-order valence-electron chi connectivity index (χ0n) is 18.6. The van der Waals surface area contributed by atoms with Crippen molar-refractivity contribution in [2.75, 3.05) is 0 Å². The molecule has 2 N–H and O–H groups in total. The molecular weight excluding hydrogens is 433 g/mol. The van der Waals surface area contributed by atoms with Gasteiger partial charge in [-0.3, -0.25) is 4.79 Å². The van der Waals surface area contributed by atoms with Crippen LogP contribution in [0.15, 0.2) is 60.8 Å². The number of rotatable bonds is 5. The van der Waals surface area contributed by atoms with Crippen molar-refractivity contribution in [1.29, 1.82) is 0 Å². The molecule has 3 fully saturated rings. The number of nitrogens with one attached hydrogen (secondary N) is 1. The lowest BCUT2D eigenvalue weighted by Gasteiger charge is -2.50. The topological polar surface area (TPSA) is 88.1 Å². The average Bonchev–Trinajstić information content (AvgIpc) is 3.29. The van der Waals surface area contributed by atoms with Crippen LogP contribution in [0.1, 0.15) is 38.5 Å². The van der Waals surface area contributed by atoms with E-state index in [1.54, 1.807) is 12.3 Å². The Morgan fingerprint density at radius 3 is 2.35 bits per heavy atom. The molecule has 7 heteroatoms. The predicted octanol–water partition coefficient (Wildman–Crippen LogP) is 5.99. The Bertz CT molecular complexity index is 1340. The first-order valence-corrected chi connectivity index (χ1v) is 11.6. The van der Waals surface area contributed by atoms with Crippen LogP contribution in [0.25, 0.3) is 33.5 Å². The van der Waals surface area contributed by atoms with Gasteiger partial charge in [0.05, 0.1) is 22.0 Å². The lowest BCUT2D eigenvalue weighted by molar-refractivity contribution is -0.162. The van der Waals surface area contributed by atoms with Crippen LogP contribution in [0.3, 0.4) is 0 Å². The summed E-state index contributed by atoms with van der Waals surface area (Å²) in [5, 5.41) is 9.58. The van der Waals surface area contributed by atoms with Crippen molar-refractivity contribution in [3.8, 4) is 28.4 Å². The van der Waals surface area contributed by atoms with Gasteiger partial charge in [0, 0.05) is 17.8 Å². The van der Waals surface area contributed by atoms with Gasteiger partial charge in [-0.1, -0.05) is 18.2 Å². The fourth-order valence-electron chi connectivity index (χ4n) is 5.43. The van der Waals surface area contributed by atoms with Crippen molar-refractivity contribution >= 4 is 17.0 Å². The first-order chi connectivity index (χ1) is 16.5. The fraction of sp³-hybridized carbons (Fsp3) is 0.296. The van der Waals surface area contributed by atoms with Gasteiger partial charge in [-0.2, -0.15) is 0 Å². The molecule has 3 aliphatic rings. The molecule has 6 nitrogen and oxygen atoms in total. The summed E-state index contributed by atoms with van der Waals surface area (Å²) >= 11 is 0. The Hall–Kier alpha value is -3.74. The van der Waals surface area contributed by atoms with Gasteiger partial charge in [0.2, 0.25) is 5.88 Å². The maximum absolute atomic E-state index is 15.0. The molecule has 0 amide bonds. The van der Waals surface area contributed by atoms with Crippen LogP contribution < -0.4 is 4.74 Å². The third-order valence-corrected chi connectivity index (χ3v) is 7.64. The molecule has 0 unspecified atom stereocenters. The summed E-state index contributed by atoms with van der Waals surface area (Å²) in [5.41, 5.74) is 2.69. The van der Waals surface area contributed by atoms with Gasteiger partial charge in [-0.25, -0.2) is 14.4 Å². The maximum Gasteiger partial charge on any atom is 0.309 e. The molecule has 2 aromatic carbocycles. The van der Waals surface area contributed by atoms with Gasteiger partial charge in [0.25, 0.3) is 0 Å². The monoisotopic (exact) mass is 457 g/mol. The van der Waals surface area contributed by atoms with E-state index in [1.807, 2.05) is 42.5 Å². The van der Waals surface area contributed by atoms with E-state index < -0.39 is 11.4 Å². The Morgan fingerprint density at radius 2 is 1.71 bits per heavy atom. The maximum atomic E-state index is 15.0. The summed E-state index contributed by atoms with van der Waals surface area (Å²) in [7, 11) is 0. The number of carboxylic acids is 1. The number of nitrogens with zero attached hydrogens (tertiary/aromatic N) is 2. The van der Waals surface area contributed by atoms with Gasteiger partial charge in [0.1, 0.15) is 17.2 Å². The van der Waals surface area contributed by atoms with E-state index in [2.05, 4.69) is 15.0 Å². The number of para-hydroxylation sites is 2. The number of imidazole rings is 1. The first kappa shape index (κ1) is 20.8. The molecule has 0 saturated heterocycles. The minimum atomic E-state index is -0.679. The van der Waals surface area contributed by atoms with Gasteiger partial charge in [-0.05, 0) is 74.4 Å². The quantitative estimate of drug-likeness (QED) is 0.384. The molecule has 0 atom stereocenters. The average molecular weight is 458 g/mol. The molecule has 34 heavy (non-hydrogen) atoms. The Kier molecular flexibility index (Phi) is 4.69. The van der Waals surface area contributed by atoms with Crippen LogP contribution in [0, 0.1) is 11.2 Å². The molecule has 7 rings (SSSR count). The largest absolute Gasteiger partial charge is 0.481 e. The molecule has 0 spiro atoms. The Labute approximate surface area is 195 Å². The Balaban J connectivity index is 1.19. The number of ether oxygens (including phenoxy) is 1. The van der Waals surface area contributed by atoms with Gasteiger partial charge < -0.3 is 14.8 Å². The molecule has 3 aliphatic carbocycles. The van der Waals surface area contributed by atoms with E-state index in [-0.39, 0.29) is 11.4 Å². The minimum Gasteiger partial charge on any atom is -0.481 e. The lowest BCUT2D eigenvalue weighted by atomic mass is 9.58. The number of aromatic nitrogens is 3. The number of benzene rings is 2. The molecule has 4 aromatic rings. The summed E-state index contributed by atoms with van der Waals surface area (Å²) in [6.45, 7) is 0. The number of halogens is 1. The smallest absolute Gasteiger partial charge is 0.309 e. The standard InChI is InChI=1S/C27H24FN3O3/c28-20-15-17(5-7-19(20)24-30-21-3-1-2-4-22(21)31-24)18-6-8-23(29-16-18)34-27-12-9-26(10-13-27,11-14-27)25(32)33/h1-8,15-16H,9-14H2,(H,30,31)(H,32,33). The Morgan fingerprint density at radius 1 is 0.971 bits per heavy atom. The van der Waals surface area contributed by atoms with Crippen molar-refractivity contribution in [2.24, 2.45) is 5.41 Å². The molecule has 0 radical (unpaired) electrons.